The van der Waals surface area contributed by atoms with Gasteiger partial charge in [0.25, 0.3) is 0 Å². The molecule has 0 atom stereocenters. The quantitative estimate of drug-likeness (QED) is 0.584. The van der Waals surface area contributed by atoms with Gasteiger partial charge in [0.1, 0.15) is 10.6 Å². The molecule has 2 fully saturated rings. The molecule has 0 N–H and O–H groups in total. The largest absolute Gasteiger partial charge is 0.449 e. The van der Waals surface area contributed by atoms with Crippen LogP contribution < -0.4 is 0 Å². The third-order valence-corrected chi connectivity index (χ3v) is 8.05. The maximum atomic E-state index is 13.0. The van der Waals surface area contributed by atoms with Crippen molar-refractivity contribution in [1.82, 2.24) is 24.2 Å². The maximum absolute atomic E-state index is 13.0. The summed E-state index contributed by atoms with van der Waals surface area (Å²) in [7, 11) is -3.71. The molecule has 33 heavy (non-hydrogen) atoms. The lowest BCUT2D eigenvalue weighted by atomic mass is 10.2. The SMILES string of the molecule is Cc1noc(C)c1S(=O)(=O)N1CCN(C(=O)CN2CCCN(C(=O)OCC(C)C)CC2)CC1. The Bertz CT molecular complexity index is 919. The molecule has 2 saturated heterocycles. The van der Waals surface area contributed by atoms with Gasteiger partial charge in [-0.15, -0.1) is 0 Å². The van der Waals surface area contributed by atoms with E-state index in [-0.39, 0.29) is 48.2 Å². The van der Waals surface area contributed by atoms with Gasteiger partial charge in [0, 0.05) is 52.4 Å². The third-order valence-electron chi connectivity index (χ3n) is 5.90. The van der Waals surface area contributed by atoms with E-state index in [0.717, 1.165) is 13.0 Å². The van der Waals surface area contributed by atoms with Gasteiger partial charge in [0.15, 0.2) is 5.76 Å². The van der Waals surface area contributed by atoms with Crippen molar-refractivity contribution >= 4 is 22.0 Å². The zero-order valence-corrected chi connectivity index (χ0v) is 20.8. The van der Waals surface area contributed by atoms with Crippen molar-refractivity contribution in [2.45, 2.75) is 39.0 Å². The number of aromatic nitrogens is 1. The summed E-state index contributed by atoms with van der Waals surface area (Å²) >= 11 is 0. The number of ether oxygens (including phenoxy) is 1. The second-order valence-corrected chi connectivity index (χ2v) is 10.9. The van der Waals surface area contributed by atoms with Crippen LogP contribution in [0.3, 0.4) is 0 Å². The molecule has 1 aromatic heterocycles. The normalized spacial score (nSPS) is 19.1. The Labute approximate surface area is 195 Å². The van der Waals surface area contributed by atoms with E-state index in [0.29, 0.717) is 45.0 Å². The summed E-state index contributed by atoms with van der Waals surface area (Å²) < 4.78 is 37.6. The zero-order valence-electron chi connectivity index (χ0n) is 19.9. The van der Waals surface area contributed by atoms with E-state index < -0.39 is 10.0 Å². The minimum atomic E-state index is -3.71. The van der Waals surface area contributed by atoms with Gasteiger partial charge >= 0.3 is 6.09 Å². The van der Waals surface area contributed by atoms with Crippen LogP contribution in [0.2, 0.25) is 0 Å². The van der Waals surface area contributed by atoms with Crippen LogP contribution in [0.1, 0.15) is 31.7 Å². The van der Waals surface area contributed by atoms with Gasteiger partial charge in [-0.25, -0.2) is 13.2 Å². The fraction of sp³-hybridized carbons (Fsp3) is 0.762. The molecule has 3 heterocycles. The fourth-order valence-corrected chi connectivity index (χ4v) is 5.80. The highest BCUT2D eigenvalue weighted by Crippen LogP contribution is 2.24. The molecule has 2 amide bonds. The number of nitrogens with zero attached hydrogens (tertiary/aromatic N) is 5. The van der Waals surface area contributed by atoms with E-state index in [4.69, 9.17) is 9.26 Å². The minimum Gasteiger partial charge on any atom is -0.449 e. The van der Waals surface area contributed by atoms with Gasteiger partial charge in [-0.3, -0.25) is 9.69 Å². The zero-order chi connectivity index (χ0) is 24.2. The summed E-state index contributed by atoms with van der Waals surface area (Å²) in [6.07, 6.45) is 0.473. The first-order valence-corrected chi connectivity index (χ1v) is 12.9. The first-order valence-electron chi connectivity index (χ1n) is 11.4. The summed E-state index contributed by atoms with van der Waals surface area (Å²) in [6.45, 7) is 11.4. The molecule has 0 spiro atoms. The van der Waals surface area contributed by atoms with Crippen molar-refractivity contribution < 1.29 is 27.3 Å². The van der Waals surface area contributed by atoms with Crippen molar-refractivity contribution in [2.24, 2.45) is 5.92 Å². The Balaban J connectivity index is 1.48. The first-order chi connectivity index (χ1) is 15.6. The van der Waals surface area contributed by atoms with Crippen molar-refractivity contribution in [3.8, 4) is 0 Å². The highest BCUT2D eigenvalue weighted by Gasteiger charge is 2.34. The van der Waals surface area contributed by atoms with E-state index in [2.05, 4.69) is 5.16 Å². The third kappa shape index (κ3) is 6.24. The van der Waals surface area contributed by atoms with Gasteiger partial charge in [-0.2, -0.15) is 4.31 Å². The summed E-state index contributed by atoms with van der Waals surface area (Å²) in [6, 6.07) is 0. The Hall–Kier alpha value is -2.18. The molecule has 0 aromatic carbocycles. The lowest BCUT2D eigenvalue weighted by molar-refractivity contribution is -0.133. The predicted octanol–water partition coefficient (Wildman–Crippen LogP) is 0.925. The van der Waals surface area contributed by atoms with Gasteiger partial charge in [0.05, 0.1) is 13.2 Å². The Morgan fingerprint density at radius 2 is 1.67 bits per heavy atom. The fourth-order valence-electron chi connectivity index (χ4n) is 4.08. The van der Waals surface area contributed by atoms with Crippen LogP contribution >= 0.6 is 0 Å². The van der Waals surface area contributed by atoms with E-state index in [1.165, 1.54) is 4.31 Å². The second-order valence-electron chi connectivity index (χ2n) is 9.03. The van der Waals surface area contributed by atoms with Gasteiger partial charge in [-0.05, 0) is 26.2 Å². The number of piperazine rings is 1. The number of carbonyl (C=O) groups is 2. The number of sulfonamides is 1. The van der Waals surface area contributed by atoms with Crippen molar-refractivity contribution in [1.29, 1.82) is 0 Å². The number of rotatable bonds is 6. The predicted molar refractivity (Wildman–Crippen MR) is 120 cm³/mol. The molecule has 2 aliphatic rings. The second kappa shape index (κ2) is 10.8. The van der Waals surface area contributed by atoms with E-state index in [1.807, 2.05) is 18.7 Å². The Morgan fingerprint density at radius 3 is 2.27 bits per heavy atom. The van der Waals surface area contributed by atoms with Crippen LogP contribution in [0, 0.1) is 19.8 Å². The average Bonchev–Trinajstić information content (AvgIpc) is 2.97. The monoisotopic (exact) mass is 485 g/mol. The molecule has 11 nitrogen and oxygen atoms in total. The summed E-state index contributed by atoms with van der Waals surface area (Å²) in [5.74, 6) is 0.532. The number of aryl methyl sites for hydroxylation is 2. The van der Waals surface area contributed by atoms with Gasteiger partial charge < -0.3 is 19.1 Å². The molecule has 1 aromatic rings. The van der Waals surface area contributed by atoms with Crippen LogP contribution in [-0.2, 0) is 19.6 Å². The number of hydrogen-bond acceptors (Lipinski definition) is 8. The molecule has 0 unspecified atom stereocenters. The van der Waals surface area contributed by atoms with Gasteiger partial charge in [0.2, 0.25) is 15.9 Å². The first kappa shape index (κ1) is 25.4. The Morgan fingerprint density at radius 1 is 1.00 bits per heavy atom. The number of amides is 2. The van der Waals surface area contributed by atoms with Crippen LogP contribution in [0.5, 0.6) is 0 Å². The number of carbonyl (C=O) groups excluding carboxylic acids is 2. The highest BCUT2D eigenvalue weighted by atomic mass is 32.2. The summed E-state index contributed by atoms with van der Waals surface area (Å²) in [5, 5.41) is 3.74. The van der Waals surface area contributed by atoms with Crippen molar-refractivity contribution in [3.63, 3.8) is 0 Å². The molecule has 0 radical (unpaired) electrons. The Kier molecular flexibility index (Phi) is 8.35. The van der Waals surface area contributed by atoms with Crippen molar-refractivity contribution in [2.75, 3.05) is 65.5 Å². The van der Waals surface area contributed by atoms with Gasteiger partial charge in [-0.1, -0.05) is 19.0 Å². The molecule has 2 aliphatic heterocycles. The summed E-state index contributed by atoms with van der Waals surface area (Å²) in [4.78, 5) is 30.6. The topological polar surface area (TPSA) is 116 Å². The smallest absolute Gasteiger partial charge is 0.409 e. The molecule has 0 saturated carbocycles. The lowest BCUT2D eigenvalue weighted by Crippen LogP contribution is -2.52. The van der Waals surface area contributed by atoms with Crippen LogP contribution in [0.4, 0.5) is 4.79 Å². The molecule has 0 bridgehead atoms. The molecule has 0 aliphatic carbocycles. The van der Waals surface area contributed by atoms with E-state index >= 15 is 0 Å². The van der Waals surface area contributed by atoms with Crippen LogP contribution in [0.25, 0.3) is 0 Å². The van der Waals surface area contributed by atoms with Crippen LogP contribution in [0.15, 0.2) is 9.42 Å². The van der Waals surface area contributed by atoms with E-state index in [1.54, 1.807) is 23.6 Å². The highest BCUT2D eigenvalue weighted by molar-refractivity contribution is 7.89. The molecular weight excluding hydrogens is 450 g/mol. The minimum absolute atomic E-state index is 0.0276. The van der Waals surface area contributed by atoms with E-state index in [9.17, 15) is 18.0 Å². The molecular formula is C21H35N5O6S. The average molecular weight is 486 g/mol. The molecule has 12 heteroatoms. The summed E-state index contributed by atoms with van der Waals surface area (Å²) in [5.41, 5.74) is 0.342. The lowest BCUT2D eigenvalue weighted by Gasteiger charge is -2.35. The van der Waals surface area contributed by atoms with Crippen LogP contribution in [-0.4, -0.2) is 110 Å². The number of hydrogen-bond donors (Lipinski definition) is 0. The standard InChI is InChI=1S/C21H35N5O6S/c1-16(2)15-31-21(28)25-7-5-6-23(8-9-25)14-19(27)24-10-12-26(13-11-24)33(29,30)20-17(3)22-32-18(20)4/h16H,5-15H2,1-4H3. The maximum Gasteiger partial charge on any atom is 0.409 e. The molecule has 186 valence electrons. The van der Waals surface area contributed by atoms with Crippen molar-refractivity contribution in [3.05, 3.63) is 11.5 Å². The molecule has 3 rings (SSSR count).